The lowest BCUT2D eigenvalue weighted by Gasteiger charge is -2.15. The Morgan fingerprint density at radius 2 is 2.14 bits per heavy atom. The highest BCUT2D eigenvalue weighted by Crippen LogP contribution is 2.17. The van der Waals surface area contributed by atoms with Crippen molar-refractivity contribution < 1.29 is 8.94 Å². The quantitative estimate of drug-likeness (QED) is 0.680. The van der Waals surface area contributed by atoms with Gasteiger partial charge in [0.1, 0.15) is 0 Å². The molecule has 0 spiro atoms. The van der Waals surface area contributed by atoms with Gasteiger partial charge in [-0.15, -0.1) is 10.2 Å². The molecule has 114 valence electrons. The Morgan fingerprint density at radius 3 is 2.82 bits per heavy atom. The number of aryl methyl sites for hydroxylation is 1. The molecule has 3 aromatic rings. The molecule has 0 unspecified atom stereocenters. The van der Waals surface area contributed by atoms with Crippen LogP contribution in [0.1, 0.15) is 24.5 Å². The minimum absolute atomic E-state index is 0.467. The highest BCUT2D eigenvalue weighted by Gasteiger charge is 2.14. The Bertz CT molecular complexity index is 724. The molecule has 0 N–H and O–H groups in total. The molecular weight excluding hydrogens is 284 g/mol. The van der Waals surface area contributed by atoms with E-state index < -0.39 is 0 Å². The van der Waals surface area contributed by atoms with Crippen molar-refractivity contribution in [2.45, 2.75) is 26.9 Å². The topological polar surface area (TPSA) is 94.0 Å². The van der Waals surface area contributed by atoms with Crippen LogP contribution in [0.3, 0.4) is 0 Å². The summed E-state index contributed by atoms with van der Waals surface area (Å²) in [5, 5.41) is 12.0. The van der Waals surface area contributed by atoms with Crippen molar-refractivity contribution in [3.63, 3.8) is 0 Å². The van der Waals surface area contributed by atoms with Gasteiger partial charge < -0.3 is 8.94 Å². The molecular formula is C14H16N6O2. The summed E-state index contributed by atoms with van der Waals surface area (Å²) in [5.74, 6) is 2.21. The van der Waals surface area contributed by atoms with Gasteiger partial charge in [0.2, 0.25) is 17.7 Å². The number of hydrogen-bond donors (Lipinski definition) is 0. The first kappa shape index (κ1) is 14.3. The fourth-order valence-corrected chi connectivity index (χ4v) is 2.00. The van der Waals surface area contributed by atoms with E-state index in [2.05, 4.69) is 30.2 Å². The van der Waals surface area contributed by atoms with Crippen LogP contribution in [0.4, 0.5) is 0 Å². The number of hydrogen-bond acceptors (Lipinski definition) is 8. The molecule has 8 heteroatoms. The minimum atomic E-state index is 0.467. The average Bonchev–Trinajstić information content (AvgIpc) is 3.17. The normalized spacial score (nSPS) is 11.2. The number of rotatable bonds is 6. The van der Waals surface area contributed by atoms with E-state index >= 15 is 0 Å². The van der Waals surface area contributed by atoms with Gasteiger partial charge in [0.15, 0.2) is 5.82 Å². The van der Waals surface area contributed by atoms with Crippen LogP contribution in [0, 0.1) is 6.92 Å². The first-order valence-corrected chi connectivity index (χ1v) is 6.99. The van der Waals surface area contributed by atoms with Crippen molar-refractivity contribution in [1.29, 1.82) is 0 Å². The van der Waals surface area contributed by atoms with Gasteiger partial charge in [-0.2, -0.15) is 4.98 Å². The van der Waals surface area contributed by atoms with Crippen molar-refractivity contribution >= 4 is 0 Å². The van der Waals surface area contributed by atoms with Gasteiger partial charge in [-0.05, 0) is 18.7 Å². The Balaban J connectivity index is 1.68. The fraction of sp³-hybridized carbons (Fsp3) is 0.357. The maximum atomic E-state index is 5.68. The molecule has 0 saturated heterocycles. The summed E-state index contributed by atoms with van der Waals surface area (Å²) in [6, 6.07) is 3.71. The van der Waals surface area contributed by atoms with Crippen LogP contribution < -0.4 is 0 Å². The predicted molar refractivity (Wildman–Crippen MR) is 76.4 cm³/mol. The second-order valence-electron chi connectivity index (χ2n) is 4.78. The number of nitrogens with zero attached hydrogens (tertiary/aromatic N) is 6. The standard InChI is InChI=1S/C14H16N6O2/c1-3-20(8-12-16-10(2)22-19-12)9-13-17-18-14(21-13)11-5-4-6-15-7-11/h4-7H,3,8-9H2,1-2H3. The van der Waals surface area contributed by atoms with Crippen LogP contribution in [-0.4, -0.2) is 36.8 Å². The summed E-state index contributed by atoms with van der Waals surface area (Å²) in [7, 11) is 0. The molecule has 0 aliphatic rings. The largest absolute Gasteiger partial charge is 0.419 e. The molecule has 3 rings (SSSR count). The highest BCUT2D eigenvalue weighted by atomic mass is 16.5. The van der Waals surface area contributed by atoms with Gasteiger partial charge in [-0.1, -0.05) is 12.1 Å². The third-order valence-corrected chi connectivity index (χ3v) is 3.12. The first-order chi connectivity index (χ1) is 10.7. The van der Waals surface area contributed by atoms with Crippen molar-refractivity contribution in [2.24, 2.45) is 0 Å². The Morgan fingerprint density at radius 1 is 1.23 bits per heavy atom. The zero-order valence-corrected chi connectivity index (χ0v) is 12.4. The predicted octanol–water partition coefficient (Wildman–Crippen LogP) is 1.85. The minimum Gasteiger partial charge on any atom is -0.419 e. The molecule has 0 atom stereocenters. The molecule has 3 heterocycles. The maximum Gasteiger partial charge on any atom is 0.249 e. The van der Waals surface area contributed by atoms with Gasteiger partial charge in [-0.3, -0.25) is 9.88 Å². The molecule has 0 fully saturated rings. The number of pyridine rings is 1. The van der Waals surface area contributed by atoms with E-state index in [0.717, 1.165) is 12.1 Å². The third-order valence-electron chi connectivity index (χ3n) is 3.12. The summed E-state index contributed by atoms with van der Waals surface area (Å²) in [4.78, 5) is 10.3. The molecule has 8 nitrogen and oxygen atoms in total. The van der Waals surface area contributed by atoms with E-state index in [1.165, 1.54) is 0 Å². The lowest BCUT2D eigenvalue weighted by Crippen LogP contribution is -2.23. The third kappa shape index (κ3) is 3.34. The van der Waals surface area contributed by atoms with Crippen LogP contribution in [0.15, 0.2) is 33.5 Å². The Labute approximate surface area is 127 Å². The highest BCUT2D eigenvalue weighted by molar-refractivity contribution is 5.49. The first-order valence-electron chi connectivity index (χ1n) is 6.99. The molecule has 3 aromatic heterocycles. The molecule has 0 aliphatic carbocycles. The second-order valence-corrected chi connectivity index (χ2v) is 4.78. The second kappa shape index (κ2) is 6.44. The monoisotopic (exact) mass is 300 g/mol. The van der Waals surface area contributed by atoms with Crippen molar-refractivity contribution in [1.82, 2.24) is 30.2 Å². The maximum absolute atomic E-state index is 5.68. The lowest BCUT2D eigenvalue weighted by molar-refractivity contribution is 0.234. The van der Waals surface area contributed by atoms with Gasteiger partial charge in [0, 0.05) is 19.3 Å². The molecule has 0 aromatic carbocycles. The summed E-state index contributed by atoms with van der Waals surface area (Å²) < 4.78 is 10.7. The van der Waals surface area contributed by atoms with Crippen LogP contribution >= 0.6 is 0 Å². The van der Waals surface area contributed by atoms with Crippen LogP contribution in [0.5, 0.6) is 0 Å². The molecule has 22 heavy (non-hydrogen) atoms. The zero-order valence-electron chi connectivity index (χ0n) is 12.4. The van der Waals surface area contributed by atoms with E-state index in [4.69, 9.17) is 8.94 Å². The lowest BCUT2D eigenvalue weighted by atomic mass is 10.3. The van der Waals surface area contributed by atoms with Crippen molar-refractivity contribution in [3.05, 3.63) is 42.1 Å². The van der Waals surface area contributed by atoms with E-state index in [1.54, 1.807) is 19.3 Å². The van der Waals surface area contributed by atoms with Crippen LogP contribution in [-0.2, 0) is 13.1 Å². The smallest absolute Gasteiger partial charge is 0.249 e. The van der Waals surface area contributed by atoms with Crippen molar-refractivity contribution in [2.75, 3.05) is 6.54 Å². The fourth-order valence-electron chi connectivity index (χ4n) is 2.00. The summed E-state index contributed by atoms with van der Waals surface area (Å²) >= 11 is 0. The molecule has 0 amide bonds. The van der Waals surface area contributed by atoms with Gasteiger partial charge in [0.25, 0.3) is 0 Å². The summed E-state index contributed by atoms with van der Waals surface area (Å²) in [5.41, 5.74) is 0.804. The zero-order chi connectivity index (χ0) is 15.4. The SMILES string of the molecule is CCN(Cc1noc(C)n1)Cc1nnc(-c2cccnc2)o1. The van der Waals surface area contributed by atoms with E-state index in [9.17, 15) is 0 Å². The summed E-state index contributed by atoms with van der Waals surface area (Å²) in [6.07, 6.45) is 3.39. The van der Waals surface area contributed by atoms with Gasteiger partial charge in [0.05, 0.1) is 18.7 Å². The molecule has 0 saturated carbocycles. The van der Waals surface area contributed by atoms with Crippen molar-refractivity contribution in [3.8, 4) is 11.5 Å². The van der Waals surface area contributed by atoms with E-state index in [1.807, 2.05) is 19.1 Å². The molecule has 0 radical (unpaired) electrons. The van der Waals surface area contributed by atoms with Gasteiger partial charge in [-0.25, -0.2) is 0 Å². The summed E-state index contributed by atoms with van der Waals surface area (Å²) in [6.45, 7) is 5.71. The Hall–Kier alpha value is -2.61. The Kier molecular flexibility index (Phi) is 4.19. The number of aromatic nitrogens is 5. The van der Waals surface area contributed by atoms with Crippen LogP contribution in [0.2, 0.25) is 0 Å². The average molecular weight is 300 g/mol. The molecule has 0 aliphatic heterocycles. The van der Waals surface area contributed by atoms with E-state index in [0.29, 0.717) is 36.6 Å². The van der Waals surface area contributed by atoms with Crippen LogP contribution in [0.25, 0.3) is 11.5 Å². The van der Waals surface area contributed by atoms with Gasteiger partial charge >= 0.3 is 0 Å². The molecule has 0 bridgehead atoms. The van der Waals surface area contributed by atoms with E-state index in [-0.39, 0.29) is 0 Å².